The summed E-state index contributed by atoms with van der Waals surface area (Å²) in [5, 5.41) is 14.3. The minimum Gasteiger partial charge on any atom is -0.392 e. The lowest BCUT2D eigenvalue weighted by Crippen LogP contribution is -2.17. The molecule has 2 unspecified atom stereocenters. The second kappa shape index (κ2) is 6.39. The van der Waals surface area contributed by atoms with Crippen molar-refractivity contribution in [1.82, 2.24) is 10.1 Å². The number of aryl methyl sites for hydroxylation is 1. The number of nitrogens with zero attached hydrogens (tertiary/aromatic N) is 2. The highest BCUT2D eigenvalue weighted by molar-refractivity contribution is 5.24. The van der Waals surface area contributed by atoms with Gasteiger partial charge in [-0.15, -0.1) is 0 Å². The maximum atomic E-state index is 10.2. The van der Waals surface area contributed by atoms with Crippen molar-refractivity contribution < 1.29 is 9.63 Å². The summed E-state index contributed by atoms with van der Waals surface area (Å²) >= 11 is 0. The van der Waals surface area contributed by atoms with Crippen LogP contribution in [-0.2, 0) is 6.42 Å². The SMILES string of the molecule is Cc1cccc(Cc2noc(C3CCCCCC3O)n2)c1. The van der Waals surface area contributed by atoms with Crippen LogP contribution in [-0.4, -0.2) is 21.4 Å². The summed E-state index contributed by atoms with van der Waals surface area (Å²) in [7, 11) is 0. The second-order valence-corrected chi connectivity index (χ2v) is 6.03. The van der Waals surface area contributed by atoms with Crippen molar-refractivity contribution >= 4 is 0 Å². The van der Waals surface area contributed by atoms with Gasteiger partial charge in [-0.3, -0.25) is 0 Å². The van der Waals surface area contributed by atoms with Crippen LogP contribution >= 0.6 is 0 Å². The predicted octanol–water partition coefficient (Wildman–Crippen LogP) is 3.38. The lowest BCUT2D eigenvalue weighted by Gasteiger charge is -2.15. The average Bonchev–Trinajstić information content (AvgIpc) is 2.80. The Hall–Kier alpha value is -1.68. The second-order valence-electron chi connectivity index (χ2n) is 6.03. The van der Waals surface area contributed by atoms with E-state index in [0.717, 1.165) is 25.7 Å². The summed E-state index contributed by atoms with van der Waals surface area (Å²) in [4.78, 5) is 4.51. The van der Waals surface area contributed by atoms with Gasteiger partial charge in [-0.1, -0.05) is 54.2 Å². The van der Waals surface area contributed by atoms with Crippen LogP contribution in [0.2, 0.25) is 0 Å². The van der Waals surface area contributed by atoms with Crippen LogP contribution in [0.3, 0.4) is 0 Å². The van der Waals surface area contributed by atoms with Crippen molar-refractivity contribution in [1.29, 1.82) is 0 Å². The smallest absolute Gasteiger partial charge is 0.232 e. The van der Waals surface area contributed by atoms with Gasteiger partial charge in [-0.25, -0.2) is 0 Å². The van der Waals surface area contributed by atoms with Gasteiger partial charge in [0, 0.05) is 6.42 Å². The van der Waals surface area contributed by atoms with E-state index in [1.54, 1.807) is 0 Å². The number of aliphatic hydroxyl groups is 1. The van der Waals surface area contributed by atoms with E-state index >= 15 is 0 Å². The largest absolute Gasteiger partial charge is 0.392 e. The van der Waals surface area contributed by atoms with E-state index in [1.165, 1.54) is 17.5 Å². The van der Waals surface area contributed by atoms with Crippen LogP contribution < -0.4 is 0 Å². The average molecular weight is 286 g/mol. The minimum absolute atomic E-state index is 0.00580. The highest BCUT2D eigenvalue weighted by Gasteiger charge is 2.28. The third-order valence-electron chi connectivity index (χ3n) is 4.23. The molecule has 4 heteroatoms. The lowest BCUT2D eigenvalue weighted by molar-refractivity contribution is 0.119. The van der Waals surface area contributed by atoms with E-state index in [-0.39, 0.29) is 12.0 Å². The normalized spacial score (nSPS) is 23.0. The Labute approximate surface area is 125 Å². The molecule has 1 aromatic heterocycles. The van der Waals surface area contributed by atoms with Crippen LogP contribution in [0.15, 0.2) is 28.8 Å². The Bertz CT molecular complexity index is 594. The molecule has 0 aliphatic heterocycles. The summed E-state index contributed by atoms with van der Waals surface area (Å²) in [6, 6.07) is 8.33. The maximum absolute atomic E-state index is 10.2. The number of hydrogen-bond donors (Lipinski definition) is 1. The first kappa shape index (κ1) is 14.3. The molecule has 0 amide bonds. The summed E-state index contributed by atoms with van der Waals surface area (Å²) < 4.78 is 5.41. The molecule has 2 aromatic rings. The molecule has 3 rings (SSSR count). The summed E-state index contributed by atoms with van der Waals surface area (Å²) in [5.41, 5.74) is 2.42. The third-order valence-corrected chi connectivity index (χ3v) is 4.23. The number of aromatic nitrogens is 2. The van der Waals surface area contributed by atoms with E-state index < -0.39 is 0 Å². The number of rotatable bonds is 3. The summed E-state index contributed by atoms with van der Waals surface area (Å²) in [6.45, 7) is 2.08. The van der Waals surface area contributed by atoms with Crippen molar-refractivity contribution in [2.24, 2.45) is 0 Å². The molecular weight excluding hydrogens is 264 g/mol. The van der Waals surface area contributed by atoms with Crippen molar-refractivity contribution in [3.05, 3.63) is 47.1 Å². The lowest BCUT2D eigenvalue weighted by atomic mass is 9.97. The molecule has 4 nitrogen and oxygen atoms in total. The molecule has 1 fully saturated rings. The zero-order valence-corrected chi connectivity index (χ0v) is 12.5. The van der Waals surface area contributed by atoms with Crippen LogP contribution in [0.25, 0.3) is 0 Å². The zero-order chi connectivity index (χ0) is 14.7. The minimum atomic E-state index is -0.347. The number of hydrogen-bond acceptors (Lipinski definition) is 4. The first-order valence-corrected chi connectivity index (χ1v) is 7.78. The van der Waals surface area contributed by atoms with E-state index in [0.29, 0.717) is 18.1 Å². The summed E-state index contributed by atoms with van der Waals surface area (Å²) in [5.74, 6) is 1.31. The molecule has 1 aromatic carbocycles. The van der Waals surface area contributed by atoms with E-state index in [2.05, 4.69) is 35.3 Å². The van der Waals surface area contributed by atoms with Crippen LogP contribution in [0.5, 0.6) is 0 Å². The molecule has 0 saturated heterocycles. The van der Waals surface area contributed by atoms with Crippen molar-refractivity contribution in [2.75, 3.05) is 0 Å². The molecule has 2 atom stereocenters. The molecular formula is C17H22N2O2. The van der Waals surface area contributed by atoms with Crippen LogP contribution in [0.1, 0.15) is 60.9 Å². The van der Waals surface area contributed by atoms with Crippen molar-refractivity contribution in [2.45, 2.75) is 57.5 Å². The molecule has 112 valence electrons. The maximum Gasteiger partial charge on any atom is 0.232 e. The van der Waals surface area contributed by atoms with Gasteiger partial charge in [0.05, 0.1) is 12.0 Å². The van der Waals surface area contributed by atoms with E-state index in [1.807, 2.05) is 6.07 Å². The van der Waals surface area contributed by atoms with Gasteiger partial charge < -0.3 is 9.63 Å². The fraction of sp³-hybridized carbons (Fsp3) is 0.529. The highest BCUT2D eigenvalue weighted by Crippen LogP contribution is 2.31. The standard InChI is InChI=1S/C17H22N2O2/c1-12-6-5-7-13(10-12)11-16-18-17(21-19-16)14-8-3-2-4-9-15(14)20/h5-7,10,14-15,20H,2-4,8-9,11H2,1H3. The molecule has 1 aliphatic rings. The fourth-order valence-electron chi connectivity index (χ4n) is 3.07. The molecule has 0 radical (unpaired) electrons. The summed E-state index contributed by atoms with van der Waals surface area (Å²) in [6.07, 6.45) is 5.48. The first-order valence-electron chi connectivity index (χ1n) is 7.78. The van der Waals surface area contributed by atoms with Crippen molar-refractivity contribution in [3.63, 3.8) is 0 Å². The Kier molecular flexibility index (Phi) is 4.34. The van der Waals surface area contributed by atoms with Crippen LogP contribution in [0, 0.1) is 6.92 Å². The zero-order valence-electron chi connectivity index (χ0n) is 12.5. The topological polar surface area (TPSA) is 59.2 Å². The molecule has 0 bridgehead atoms. The van der Waals surface area contributed by atoms with Gasteiger partial charge in [0.15, 0.2) is 5.82 Å². The first-order chi connectivity index (χ1) is 10.2. The molecule has 1 heterocycles. The predicted molar refractivity (Wildman–Crippen MR) is 80.1 cm³/mol. The molecule has 1 N–H and O–H groups in total. The number of benzene rings is 1. The third kappa shape index (κ3) is 3.50. The van der Waals surface area contributed by atoms with Gasteiger partial charge >= 0.3 is 0 Å². The molecule has 21 heavy (non-hydrogen) atoms. The van der Waals surface area contributed by atoms with E-state index in [9.17, 15) is 5.11 Å². The Morgan fingerprint density at radius 1 is 1.24 bits per heavy atom. The monoisotopic (exact) mass is 286 g/mol. The molecule has 1 aliphatic carbocycles. The Morgan fingerprint density at radius 2 is 2.10 bits per heavy atom. The number of aliphatic hydroxyl groups excluding tert-OH is 1. The van der Waals surface area contributed by atoms with Gasteiger partial charge in [-0.05, 0) is 25.3 Å². The quantitative estimate of drug-likeness (QED) is 0.879. The van der Waals surface area contributed by atoms with Gasteiger partial charge in [-0.2, -0.15) is 4.98 Å². The fourth-order valence-corrected chi connectivity index (χ4v) is 3.07. The van der Waals surface area contributed by atoms with Gasteiger partial charge in [0.1, 0.15) is 0 Å². The van der Waals surface area contributed by atoms with Gasteiger partial charge in [0.2, 0.25) is 5.89 Å². The Morgan fingerprint density at radius 3 is 2.95 bits per heavy atom. The van der Waals surface area contributed by atoms with Gasteiger partial charge in [0.25, 0.3) is 0 Å². The van der Waals surface area contributed by atoms with E-state index in [4.69, 9.17) is 4.52 Å². The molecule has 1 saturated carbocycles. The molecule has 0 spiro atoms. The van der Waals surface area contributed by atoms with Crippen molar-refractivity contribution in [3.8, 4) is 0 Å². The highest BCUT2D eigenvalue weighted by atomic mass is 16.5. The Balaban J connectivity index is 1.73. The van der Waals surface area contributed by atoms with Crippen LogP contribution in [0.4, 0.5) is 0 Å².